The molecule has 2 rings (SSSR count). The summed E-state index contributed by atoms with van der Waals surface area (Å²) in [5.74, 6) is -8.97. The van der Waals surface area contributed by atoms with Crippen molar-refractivity contribution in [3.05, 3.63) is 153 Å². The number of ether oxygens (including phenoxy) is 2. The fraction of sp³-hybridized carbons (Fsp3) is 0.358. The molecule has 0 heterocycles. The van der Waals surface area contributed by atoms with E-state index in [2.05, 4.69) is 0 Å². The van der Waals surface area contributed by atoms with Crippen molar-refractivity contribution in [2.45, 2.75) is 114 Å². The molecule has 0 fully saturated rings. The van der Waals surface area contributed by atoms with Crippen LogP contribution in [-0.2, 0) is 47.8 Å². The normalized spacial score (nSPS) is 21.7. The first-order valence-electron chi connectivity index (χ1n) is 21.5. The maximum atomic E-state index is 13.3. The van der Waals surface area contributed by atoms with Crippen LogP contribution in [0.5, 0.6) is 0 Å². The van der Waals surface area contributed by atoms with Crippen molar-refractivity contribution in [2.75, 3.05) is 0 Å². The van der Waals surface area contributed by atoms with Crippen molar-refractivity contribution in [3.63, 3.8) is 0 Å². The fourth-order valence-electron chi connectivity index (χ4n) is 7.29. The van der Waals surface area contributed by atoms with Crippen molar-refractivity contribution < 1.29 is 68.3 Å². The molecule has 67 heavy (non-hydrogen) atoms. The SMILES string of the molecule is CCC1(C)CC(OC(=O)/C=C(/CC(=O)O)C(=O)O)C(=O)C(C)=C1/C=C/C(C)=C/C=C/C(C)=C/C=C/C=C(C)/C=C/C=C(C)/C=C/C1=C(C)C(=O)C(OC(=O)/C=C(/CC(=O)O)C(=O)O)CC1(C)C. The molecule has 0 bridgehead atoms. The van der Waals surface area contributed by atoms with Gasteiger partial charge in [0.2, 0.25) is 0 Å². The summed E-state index contributed by atoms with van der Waals surface area (Å²) in [4.78, 5) is 95.9. The second-order valence-electron chi connectivity index (χ2n) is 17.4. The van der Waals surface area contributed by atoms with E-state index in [4.69, 9.17) is 19.7 Å². The van der Waals surface area contributed by atoms with Crippen LogP contribution in [0.1, 0.15) is 101 Å². The minimum absolute atomic E-state index is 0.155. The second kappa shape index (κ2) is 25.5. The lowest BCUT2D eigenvalue weighted by Gasteiger charge is -2.38. The third-order valence-corrected chi connectivity index (χ3v) is 11.2. The van der Waals surface area contributed by atoms with Gasteiger partial charge < -0.3 is 29.9 Å². The summed E-state index contributed by atoms with van der Waals surface area (Å²) in [6.07, 6.45) is 25.1. The number of carboxylic acids is 4. The molecule has 0 saturated carbocycles. The zero-order valence-corrected chi connectivity index (χ0v) is 39.8. The predicted octanol–water partition coefficient (Wildman–Crippen LogP) is 9.37. The van der Waals surface area contributed by atoms with E-state index in [1.54, 1.807) is 13.8 Å². The Morgan fingerprint density at radius 1 is 0.567 bits per heavy atom. The molecule has 2 aliphatic carbocycles. The highest BCUT2D eigenvalue weighted by Gasteiger charge is 2.42. The highest BCUT2D eigenvalue weighted by molar-refractivity contribution is 6.04. The maximum absolute atomic E-state index is 13.3. The van der Waals surface area contributed by atoms with E-state index < -0.39 is 94.4 Å². The van der Waals surface area contributed by atoms with Crippen LogP contribution in [0.25, 0.3) is 0 Å². The molecule has 0 aromatic rings. The van der Waals surface area contributed by atoms with Gasteiger partial charge in [-0.05, 0) is 81.1 Å². The molecule has 0 saturated heterocycles. The second-order valence-corrected chi connectivity index (χ2v) is 17.4. The molecule has 358 valence electrons. The molecule has 0 radical (unpaired) electrons. The van der Waals surface area contributed by atoms with E-state index in [1.807, 2.05) is 140 Å². The van der Waals surface area contributed by atoms with Gasteiger partial charge in [-0.1, -0.05) is 135 Å². The first-order valence-corrected chi connectivity index (χ1v) is 21.5. The van der Waals surface area contributed by atoms with Gasteiger partial charge in [0.25, 0.3) is 0 Å². The van der Waals surface area contributed by atoms with Gasteiger partial charge in [0, 0.05) is 25.0 Å². The van der Waals surface area contributed by atoms with Crippen LogP contribution < -0.4 is 0 Å². The molecule has 3 atom stereocenters. The Hall–Kier alpha value is -7.22. The number of allylic oxidation sites excluding steroid dienone is 20. The molecule has 14 nitrogen and oxygen atoms in total. The molecule has 0 amide bonds. The number of carboxylic acid groups (broad SMARTS) is 4. The maximum Gasteiger partial charge on any atom is 0.332 e. The Kier molecular flexibility index (Phi) is 21.3. The Morgan fingerprint density at radius 2 is 0.925 bits per heavy atom. The Bertz CT molecular complexity index is 2430. The summed E-state index contributed by atoms with van der Waals surface area (Å²) >= 11 is 0. The van der Waals surface area contributed by atoms with Gasteiger partial charge in [0.05, 0.1) is 24.0 Å². The van der Waals surface area contributed by atoms with Crippen molar-refractivity contribution >= 4 is 47.4 Å². The van der Waals surface area contributed by atoms with E-state index in [0.717, 1.165) is 33.4 Å². The number of Topliss-reactive ketones (excluding diaryl/α,β-unsaturated/α-hetero) is 2. The van der Waals surface area contributed by atoms with E-state index in [0.29, 0.717) is 29.7 Å². The Balaban J connectivity index is 2.06. The summed E-state index contributed by atoms with van der Waals surface area (Å²) < 4.78 is 10.6. The lowest BCUT2D eigenvalue weighted by Crippen LogP contribution is -2.39. The molecule has 0 aromatic heterocycles. The van der Waals surface area contributed by atoms with Gasteiger partial charge >= 0.3 is 35.8 Å². The largest absolute Gasteiger partial charge is 0.481 e. The van der Waals surface area contributed by atoms with Crippen molar-refractivity contribution in [1.82, 2.24) is 0 Å². The fourth-order valence-corrected chi connectivity index (χ4v) is 7.29. The average molecular weight is 923 g/mol. The minimum atomic E-state index is -1.57. The number of carbonyl (C=O) groups is 8. The topological polar surface area (TPSA) is 236 Å². The summed E-state index contributed by atoms with van der Waals surface area (Å²) in [7, 11) is 0. The number of ketones is 2. The van der Waals surface area contributed by atoms with Crippen molar-refractivity contribution in [3.8, 4) is 0 Å². The van der Waals surface area contributed by atoms with Gasteiger partial charge in [-0.3, -0.25) is 19.2 Å². The molecule has 2 aliphatic rings. The number of hydrogen-bond acceptors (Lipinski definition) is 10. The number of aliphatic carboxylic acids is 4. The summed E-state index contributed by atoms with van der Waals surface area (Å²) in [5, 5.41) is 36.3. The third-order valence-electron chi connectivity index (χ3n) is 11.2. The van der Waals surface area contributed by atoms with Gasteiger partial charge in [-0.15, -0.1) is 0 Å². The molecule has 0 aromatic carbocycles. The molecule has 3 unspecified atom stereocenters. The predicted molar refractivity (Wildman–Crippen MR) is 253 cm³/mol. The number of rotatable bonds is 21. The number of esters is 2. The highest BCUT2D eigenvalue weighted by atomic mass is 16.6. The van der Waals surface area contributed by atoms with Crippen LogP contribution in [0.2, 0.25) is 0 Å². The van der Waals surface area contributed by atoms with Crippen molar-refractivity contribution in [1.29, 1.82) is 0 Å². The van der Waals surface area contributed by atoms with E-state index in [9.17, 15) is 48.6 Å². The van der Waals surface area contributed by atoms with Gasteiger partial charge in [-0.2, -0.15) is 0 Å². The number of hydrogen-bond donors (Lipinski definition) is 4. The van der Waals surface area contributed by atoms with Crippen LogP contribution in [0.4, 0.5) is 0 Å². The molecular formula is C53H62O14. The van der Waals surface area contributed by atoms with Crippen LogP contribution >= 0.6 is 0 Å². The van der Waals surface area contributed by atoms with E-state index >= 15 is 0 Å². The third kappa shape index (κ3) is 17.9. The molecule has 0 aliphatic heterocycles. The van der Waals surface area contributed by atoms with Crippen molar-refractivity contribution in [2.24, 2.45) is 10.8 Å². The average Bonchev–Trinajstić information content (AvgIpc) is 3.22. The van der Waals surface area contributed by atoms with Crippen LogP contribution in [0.15, 0.2) is 153 Å². The van der Waals surface area contributed by atoms with Gasteiger partial charge in [0.15, 0.2) is 23.8 Å². The zero-order valence-electron chi connectivity index (χ0n) is 39.8. The molecule has 14 heteroatoms. The first-order chi connectivity index (χ1) is 31.2. The van der Waals surface area contributed by atoms with Crippen LogP contribution in [0, 0.1) is 10.8 Å². The van der Waals surface area contributed by atoms with Gasteiger partial charge in [0.1, 0.15) is 0 Å². The smallest absolute Gasteiger partial charge is 0.332 e. The van der Waals surface area contributed by atoms with Crippen LogP contribution in [-0.4, -0.2) is 80.0 Å². The Morgan fingerprint density at radius 3 is 1.31 bits per heavy atom. The minimum Gasteiger partial charge on any atom is -0.481 e. The van der Waals surface area contributed by atoms with E-state index in [1.165, 1.54) is 0 Å². The summed E-state index contributed by atoms with van der Waals surface area (Å²) in [5.41, 5.74) is 3.85. The number of carbonyl (C=O) groups excluding carboxylic acids is 4. The quantitative estimate of drug-likeness (QED) is 0.0477. The first kappa shape index (κ1) is 55.9. The van der Waals surface area contributed by atoms with E-state index in [-0.39, 0.29) is 12.8 Å². The molecule has 4 N–H and O–H groups in total. The highest BCUT2D eigenvalue weighted by Crippen LogP contribution is 2.44. The van der Waals surface area contributed by atoms with Gasteiger partial charge in [-0.25, -0.2) is 19.2 Å². The molecular weight excluding hydrogens is 861 g/mol. The molecule has 0 spiro atoms. The monoisotopic (exact) mass is 922 g/mol. The van der Waals surface area contributed by atoms with Crippen LogP contribution in [0.3, 0.4) is 0 Å². The Labute approximate surface area is 391 Å². The summed E-state index contributed by atoms with van der Waals surface area (Å²) in [6, 6.07) is 0. The zero-order chi connectivity index (χ0) is 50.8. The lowest BCUT2D eigenvalue weighted by molar-refractivity contribution is -0.151. The summed E-state index contributed by atoms with van der Waals surface area (Å²) in [6.45, 7) is 18.8. The lowest BCUT2D eigenvalue weighted by atomic mass is 9.68. The standard InChI is InChI=1S/C53H62O14/c1-11-53(10)31-43(67-47(59)29-39(51(64)65)27-45(56)57)49(61)37(7)41(53)25-23-35(5)21-15-19-33(3)17-13-12-16-32(2)18-14-20-34(4)22-24-40-36(6)48(60)42(30-52(40,8)9)66-46(58)28-38(50(62)63)26-44(54)55/h12-25,28-29,42-43H,11,26-27,30-31H2,1-10H3,(H,54,55)(H,56,57)(H,62,63)(H,64,65)/b13-12+,18-14+,19-15+,24-22+,25-23+,32-16+,33-17+,34-20+,35-21+,38-28-,39-29-.